The van der Waals surface area contributed by atoms with Gasteiger partial charge in [0, 0.05) is 0 Å². The molecule has 0 aromatic heterocycles. The van der Waals surface area contributed by atoms with E-state index in [0.717, 1.165) is 38.4 Å². The second-order valence-corrected chi connectivity index (χ2v) is 6.88. The van der Waals surface area contributed by atoms with Gasteiger partial charge in [-0.3, -0.25) is 4.79 Å². The first-order valence-electron chi connectivity index (χ1n) is 8.84. The average molecular weight is 356 g/mol. The molecule has 1 unspecified atom stereocenters. The monoisotopic (exact) mass is 356 g/mol. The number of carboxylic acids is 1. The average Bonchev–Trinajstić information content (AvgIpc) is 2.71. The van der Waals surface area contributed by atoms with Crippen LogP contribution >= 0.6 is 0 Å². The number of hydrogen-bond acceptors (Lipinski definition) is 2. The highest BCUT2D eigenvalue weighted by Crippen LogP contribution is 2.38. The van der Waals surface area contributed by atoms with Crippen molar-refractivity contribution < 1.29 is 14.6 Å². The third-order valence-corrected chi connectivity index (χ3v) is 5.38. The maximum Gasteiger partial charge on any atom is 0.318 e. The molecule has 0 saturated heterocycles. The van der Waals surface area contributed by atoms with E-state index in [0.29, 0.717) is 0 Å². The van der Waals surface area contributed by atoms with Crippen LogP contribution in [-0.2, 0) is 10.2 Å². The minimum Gasteiger partial charge on any atom is -0.497 e. The molecule has 0 amide bonds. The summed E-state index contributed by atoms with van der Waals surface area (Å²) in [7, 11) is 1.64. The molecule has 27 heavy (non-hydrogen) atoms. The quantitative estimate of drug-likeness (QED) is 0.533. The van der Waals surface area contributed by atoms with E-state index in [9.17, 15) is 9.90 Å². The van der Waals surface area contributed by atoms with Crippen molar-refractivity contribution in [1.29, 1.82) is 0 Å². The Morgan fingerprint density at radius 2 is 1.56 bits per heavy atom. The molecular weight excluding hydrogens is 336 g/mol. The van der Waals surface area contributed by atoms with Gasteiger partial charge in [0.1, 0.15) is 11.2 Å². The van der Waals surface area contributed by atoms with Gasteiger partial charge in [-0.05, 0) is 57.8 Å². The highest BCUT2D eigenvalue weighted by atomic mass is 16.5. The first kappa shape index (κ1) is 17.1. The van der Waals surface area contributed by atoms with Crippen molar-refractivity contribution in [2.75, 3.05) is 7.11 Å². The molecule has 1 N–H and O–H groups in total. The standard InChI is InChI=1S/C24H20O3/c1-24(23(25)26,22-9-5-7-16-6-3-4-8-21(16)22)19-12-10-18-15-20(27-2)13-11-17(18)14-19/h3-15H,1-2H3,(H,25,26). The fourth-order valence-corrected chi connectivity index (χ4v) is 3.72. The summed E-state index contributed by atoms with van der Waals surface area (Å²) < 4.78 is 5.28. The van der Waals surface area contributed by atoms with Crippen molar-refractivity contribution in [1.82, 2.24) is 0 Å². The predicted octanol–water partition coefficient (Wildman–Crippen LogP) is 5.39. The Bertz CT molecular complexity index is 1160. The van der Waals surface area contributed by atoms with Gasteiger partial charge in [-0.1, -0.05) is 60.7 Å². The Hall–Kier alpha value is -3.33. The summed E-state index contributed by atoms with van der Waals surface area (Å²) in [5.74, 6) is -0.0861. The molecule has 0 fully saturated rings. The molecular formula is C24H20O3. The third-order valence-electron chi connectivity index (χ3n) is 5.38. The van der Waals surface area contributed by atoms with E-state index in [-0.39, 0.29) is 0 Å². The number of carbonyl (C=O) groups is 1. The van der Waals surface area contributed by atoms with Crippen molar-refractivity contribution in [3.05, 3.63) is 90.0 Å². The lowest BCUT2D eigenvalue weighted by molar-refractivity contribution is -0.141. The fourth-order valence-electron chi connectivity index (χ4n) is 3.72. The van der Waals surface area contributed by atoms with E-state index in [1.807, 2.05) is 78.9 Å². The van der Waals surface area contributed by atoms with Gasteiger partial charge in [-0.25, -0.2) is 0 Å². The number of fused-ring (bicyclic) bond motifs is 2. The van der Waals surface area contributed by atoms with E-state index in [2.05, 4.69) is 0 Å². The van der Waals surface area contributed by atoms with Gasteiger partial charge in [0.15, 0.2) is 0 Å². The van der Waals surface area contributed by atoms with Crippen molar-refractivity contribution in [3.63, 3.8) is 0 Å². The maximum absolute atomic E-state index is 12.5. The zero-order valence-corrected chi connectivity index (χ0v) is 15.3. The molecule has 4 rings (SSSR count). The zero-order valence-electron chi connectivity index (χ0n) is 15.3. The van der Waals surface area contributed by atoms with Crippen molar-refractivity contribution in [2.45, 2.75) is 12.3 Å². The Morgan fingerprint density at radius 3 is 2.33 bits per heavy atom. The summed E-state index contributed by atoms with van der Waals surface area (Å²) >= 11 is 0. The van der Waals surface area contributed by atoms with Crippen LogP contribution in [0, 0.1) is 0 Å². The predicted molar refractivity (Wildman–Crippen MR) is 109 cm³/mol. The van der Waals surface area contributed by atoms with E-state index in [1.165, 1.54) is 0 Å². The van der Waals surface area contributed by atoms with E-state index < -0.39 is 11.4 Å². The molecule has 0 aliphatic carbocycles. The highest BCUT2D eigenvalue weighted by Gasteiger charge is 2.38. The Balaban J connectivity index is 1.96. The summed E-state index contributed by atoms with van der Waals surface area (Å²) in [5.41, 5.74) is 0.389. The van der Waals surface area contributed by atoms with E-state index in [1.54, 1.807) is 14.0 Å². The SMILES string of the molecule is COc1ccc2cc(C(C)(C(=O)O)c3cccc4ccccc34)ccc2c1. The molecule has 4 aromatic rings. The number of carboxylic acid groups (broad SMARTS) is 1. The summed E-state index contributed by atoms with van der Waals surface area (Å²) in [6.45, 7) is 1.78. The van der Waals surface area contributed by atoms with Crippen LogP contribution in [0.25, 0.3) is 21.5 Å². The highest BCUT2D eigenvalue weighted by molar-refractivity contribution is 5.96. The first-order chi connectivity index (χ1) is 13.0. The van der Waals surface area contributed by atoms with Crippen molar-refractivity contribution in [3.8, 4) is 5.75 Å². The molecule has 4 aromatic carbocycles. The number of hydrogen-bond donors (Lipinski definition) is 1. The molecule has 1 atom stereocenters. The zero-order chi connectivity index (χ0) is 19.0. The number of aliphatic carboxylic acids is 1. The normalized spacial score (nSPS) is 13.4. The van der Waals surface area contributed by atoms with Gasteiger partial charge >= 0.3 is 5.97 Å². The number of ether oxygens (including phenoxy) is 1. The largest absolute Gasteiger partial charge is 0.497 e. The number of methoxy groups -OCH3 is 1. The molecule has 134 valence electrons. The van der Waals surface area contributed by atoms with Crippen molar-refractivity contribution >= 4 is 27.5 Å². The lowest BCUT2D eigenvalue weighted by Gasteiger charge is -2.28. The van der Waals surface area contributed by atoms with Crippen LogP contribution in [0.2, 0.25) is 0 Å². The van der Waals surface area contributed by atoms with Gasteiger partial charge < -0.3 is 9.84 Å². The molecule has 0 spiro atoms. The minimum absolute atomic E-state index is 0.754. The van der Waals surface area contributed by atoms with Gasteiger partial charge in [0.25, 0.3) is 0 Å². The van der Waals surface area contributed by atoms with Crippen LogP contribution < -0.4 is 4.74 Å². The van der Waals surface area contributed by atoms with Gasteiger partial charge in [0.05, 0.1) is 7.11 Å². The topological polar surface area (TPSA) is 46.5 Å². The summed E-state index contributed by atoms with van der Waals surface area (Å²) in [6.07, 6.45) is 0. The summed E-state index contributed by atoms with van der Waals surface area (Å²) in [4.78, 5) is 12.5. The molecule has 0 aliphatic rings. The second kappa shape index (κ2) is 6.44. The molecule has 3 nitrogen and oxygen atoms in total. The van der Waals surface area contributed by atoms with Crippen LogP contribution in [0.3, 0.4) is 0 Å². The third kappa shape index (κ3) is 2.72. The first-order valence-corrected chi connectivity index (χ1v) is 8.84. The fraction of sp³-hybridized carbons (Fsp3) is 0.125. The smallest absolute Gasteiger partial charge is 0.318 e. The Morgan fingerprint density at radius 1 is 0.852 bits per heavy atom. The lowest BCUT2D eigenvalue weighted by atomic mass is 9.74. The Kier molecular flexibility index (Phi) is 4.08. The van der Waals surface area contributed by atoms with Crippen LogP contribution in [0.5, 0.6) is 5.75 Å². The molecule has 0 bridgehead atoms. The van der Waals surface area contributed by atoms with Crippen LogP contribution in [0.1, 0.15) is 18.1 Å². The number of benzene rings is 4. The van der Waals surface area contributed by atoms with Crippen molar-refractivity contribution in [2.24, 2.45) is 0 Å². The van der Waals surface area contributed by atoms with E-state index >= 15 is 0 Å². The number of rotatable bonds is 4. The lowest BCUT2D eigenvalue weighted by Crippen LogP contribution is -2.34. The Labute approximate surface area is 157 Å². The second-order valence-electron chi connectivity index (χ2n) is 6.88. The summed E-state index contributed by atoms with van der Waals surface area (Å²) in [5, 5.41) is 14.2. The molecule has 0 aliphatic heterocycles. The molecule has 0 heterocycles. The van der Waals surface area contributed by atoms with Crippen LogP contribution in [-0.4, -0.2) is 18.2 Å². The van der Waals surface area contributed by atoms with E-state index in [4.69, 9.17) is 4.74 Å². The summed E-state index contributed by atoms with van der Waals surface area (Å²) in [6, 6.07) is 25.4. The van der Waals surface area contributed by atoms with Gasteiger partial charge in [0.2, 0.25) is 0 Å². The van der Waals surface area contributed by atoms with Gasteiger partial charge in [-0.15, -0.1) is 0 Å². The van der Waals surface area contributed by atoms with Gasteiger partial charge in [-0.2, -0.15) is 0 Å². The minimum atomic E-state index is -1.16. The van der Waals surface area contributed by atoms with Crippen LogP contribution in [0.15, 0.2) is 78.9 Å². The molecule has 0 saturated carbocycles. The molecule has 0 radical (unpaired) electrons. The maximum atomic E-state index is 12.5. The molecule has 3 heteroatoms. The van der Waals surface area contributed by atoms with Crippen LogP contribution in [0.4, 0.5) is 0 Å².